The minimum Gasteiger partial charge on any atom is -0.484 e. The maximum Gasteiger partial charge on any atom is 0.264 e. The number of thiocarbonyl (C=S) groups is 1. The van der Waals surface area contributed by atoms with Crippen molar-refractivity contribution in [3.05, 3.63) is 53.6 Å². The van der Waals surface area contributed by atoms with Crippen molar-refractivity contribution in [3.8, 4) is 5.75 Å². The number of benzene rings is 2. The quantitative estimate of drug-likeness (QED) is 0.770. The van der Waals surface area contributed by atoms with E-state index in [2.05, 4.69) is 27.7 Å². The SMILES string of the molecule is Cc1cc(C)cc(OCC(=O)NC(=S)Nc2ccccc2N2CCCC2)c1. The van der Waals surface area contributed by atoms with Gasteiger partial charge in [0.15, 0.2) is 11.7 Å². The van der Waals surface area contributed by atoms with Gasteiger partial charge in [-0.25, -0.2) is 0 Å². The van der Waals surface area contributed by atoms with E-state index < -0.39 is 0 Å². The zero-order valence-electron chi connectivity index (χ0n) is 15.7. The second-order valence-electron chi connectivity index (χ2n) is 6.83. The first kappa shape index (κ1) is 19.2. The van der Waals surface area contributed by atoms with E-state index in [4.69, 9.17) is 17.0 Å². The van der Waals surface area contributed by atoms with Crippen molar-refractivity contribution in [1.82, 2.24) is 5.32 Å². The molecule has 0 spiro atoms. The molecule has 0 aromatic heterocycles. The summed E-state index contributed by atoms with van der Waals surface area (Å²) in [4.78, 5) is 14.5. The molecule has 1 amide bonds. The summed E-state index contributed by atoms with van der Waals surface area (Å²) in [6, 6.07) is 13.9. The summed E-state index contributed by atoms with van der Waals surface area (Å²) in [7, 11) is 0. The second kappa shape index (κ2) is 8.86. The maximum absolute atomic E-state index is 12.2. The predicted molar refractivity (Wildman–Crippen MR) is 114 cm³/mol. The zero-order valence-corrected chi connectivity index (χ0v) is 16.6. The van der Waals surface area contributed by atoms with Crippen molar-refractivity contribution in [3.63, 3.8) is 0 Å². The topological polar surface area (TPSA) is 53.6 Å². The van der Waals surface area contributed by atoms with E-state index >= 15 is 0 Å². The van der Waals surface area contributed by atoms with Gasteiger partial charge < -0.3 is 15.0 Å². The molecule has 1 saturated heterocycles. The van der Waals surface area contributed by atoms with Crippen LogP contribution < -0.4 is 20.3 Å². The van der Waals surface area contributed by atoms with E-state index in [1.54, 1.807) is 0 Å². The molecule has 1 fully saturated rings. The number of nitrogens with zero attached hydrogens (tertiary/aromatic N) is 1. The van der Waals surface area contributed by atoms with Gasteiger partial charge in [0.05, 0.1) is 11.4 Å². The third kappa shape index (κ3) is 5.44. The molecule has 2 aromatic rings. The summed E-state index contributed by atoms with van der Waals surface area (Å²) in [5.74, 6) is 0.395. The Morgan fingerprint density at radius 2 is 1.78 bits per heavy atom. The first-order valence-corrected chi connectivity index (χ1v) is 9.58. The van der Waals surface area contributed by atoms with E-state index in [9.17, 15) is 4.79 Å². The number of carbonyl (C=O) groups excluding carboxylic acids is 1. The fraction of sp³-hybridized carbons (Fsp3) is 0.333. The standard InChI is InChI=1S/C21H25N3O2S/c1-15-11-16(2)13-17(12-15)26-14-20(25)23-21(27)22-18-7-3-4-8-19(18)24-9-5-6-10-24/h3-4,7-8,11-13H,5-6,9-10,14H2,1-2H3,(H2,22,23,25,27). The number of para-hydroxylation sites is 2. The molecule has 27 heavy (non-hydrogen) atoms. The Balaban J connectivity index is 1.54. The van der Waals surface area contributed by atoms with Crippen LogP contribution in [0.5, 0.6) is 5.75 Å². The molecule has 1 aliphatic rings. The number of carbonyl (C=O) groups is 1. The smallest absolute Gasteiger partial charge is 0.264 e. The van der Waals surface area contributed by atoms with Crippen molar-refractivity contribution in [2.24, 2.45) is 0 Å². The Kier molecular flexibility index (Phi) is 6.29. The number of aryl methyl sites for hydroxylation is 2. The Hall–Kier alpha value is -2.60. The number of ether oxygens (including phenoxy) is 1. The van der Waals surface area contributed by atoms with Gasteiger partial charge in [-0.05, 0) is 74.3 Å². The number of hydrogen-bond acceptors (Lipinski definition) is 4. The fourth-order valence-corrected chi connectivity index (χ4v) is 3.52. The first-order chi connectivity index (χ1) is 13.0. The van der Waals surface area contributed by atoms with E-state index in [0.717, 1.165) is 35.6 Å². The molecule has 5 nitrogen and oxygen atoms in total. The van der Waals surface area contributed by atoms with Gasteiger partial charge in [0.25, 0.3) is 5.91 Å². The van der Waals surface area contributed by atoms with E-state index in [0.29, 0.717) is 5.75 Å². The van der Waals surface area contributed by atoms with E-state index in [-0.39, 0.29) is 17.6 Å². The zero-order chi connectivity index (χ0) is 19.2. The summed E-state index contributed by atoms with van der Waals surface area (Å²) in [5.41, 5.74) is 4.21. The molecule has 0 aliphatic carbocycles. The van der Waals surface area contributed by atoms with Crippen molar-refractivity contribution in [2.75, 3.05) is 29.9 Å². The summed E-state index contributed by atoms with van der Waals surface area (Å²) in [6.45, 7) is 6.00. The molecule has 0 unspecified atom stereocenters. The number of rotatable bonds is 5. The molecule has 0 saturated carbocycles. The second-order valence-corrected chi connectivity index (χ2v) is 7.23. The highest BCUT2D eigenvalue weighted by Crippen LogP contribution is 2.28. The summed E-state index contributed by atoms with van der Waals surface area (Å²) < 4.78 is 5.58. The highest BCUT2D eigenvalue weighted by Gasteiger charge is 2.16. The lowest BCUT2D eigenvalue weighted by Gasteiger charge is -2.22. The average molecular weight is 384 g/mol. The van der Waals surface area contributed by atoms with Crippen molar-refractivity contribution < 1.29 is 9.53 Å². The third-order valence-corrected chi connectivity index (χ3v) is 4.62. The molecule has 2 aromatic carbocycles. The van der Waals surface area contributed by atoms with Gasteiger partial charge in [0.1, 0.15) is 5.75 Å². The molecule has 2 N–H and O–H groups in total. The van der Waals surface area contributed by atoms with Crippen LogP contribution in [0, 0.1) is 13.8 Å². The number of anilines is 2. The van der Waals surface area contributed by atoms with E-state index in [1.165, 1.54) is 12.8 Å². The largest absolute Gasteiger partial charge is 0.484 e. The molecule has 1 heterocycles. The van der Waals surface area contributed by atoms with Gasteiger partial charge in [-0.2, -0.15) is 0 Å². The van der Waals surface area contributed by atoms with Gasteiger partial charge >= 0.3 is 0 Å². The number of hydrogen-bond donors (Lipinski definition) is 2. The average Bonchev–Trinajstić information content (AvgIpc) is 3.14. The lowest BCUT2D eigenvalue weighted by molar-refractivity contribution is -0.121. The first-order valence-electron chi connectivity index (χ1n) is 9.17. The van der Waals surface area contributed by atoms with Crippen LogP contribution in [0.4, 0.5) is 11.4 Å². The summed E-state index contributed by atoms with van der Waals surface area (Å²) in [5, 5.41) is 6.09. The molecule has 1 aliphatic heterocycles. The molecular weight excluding hydrogens is 358 g/mol. The van der Waals surface area contributed by atoms with Crippen LogP contribution in [0.15, 0.2) is 42.5 Å². The molecule has 3 rings (SSSR count). The van der Waals surface area contributed by atoms with Gasteiger partial charge in [-0.3, -0.25) is 10.1 Å². The van der Waals surface area contributed by atoms with Crippen LogP contribution in [0.2, 0.25) is 0 Å². The molecule has 142 valence electrons. The summed E-state index contributed by atoms with van der Waals surface area (Å²) in [6.07, 6.45) is 2.40. The minimum absolute atomic E-state index is 0.0848. The fourth-order valence-electron chi connectivity index (χ4n) is 3.29. The molecule has 6 heteroatoms. The Morgan fingerprint density at radius 3 is 2.48 bits per heavy atom. The van der Waals surface area contributed by atoms with Crippen LogP contribution in [-0.4, -0.2) is 30.7 Å². The van der Waals surface area contributed by atoms with Crippen LogP contribution in [0.25, 0.3) is 0 Å². The lowest BCUT2D eigenvalue weighted by Crippen LogP contribution is -2.37. The van der Waals surface area contributed by atoms with Gasteiger partial charge in [-0.1, -0.05) is 18.2 Å². The van der Waals surface area contributed by atoms with Crippen LogP contribution >= 0.6 is 12.2 Å². The van der Waals surface area contributed by atoms with Crippen LogP contribution in [0.1, 0.15) is 24.0 Å². The van der Waals surface area contributed by atoms with Gasteiger partial charge in [0.2, 0.25) is 0 Å². The Bertz CT molecular complexity index is 812. The van der Waals surface area contributed by atoms with Crippen molar-refractivity contribution in [1.29, 1.82) is 0 Å². The molecule has 0 radical (unpaired) electrons. The Labute approximate surface area is 165 Å². The molecule has 0 bridgehead atoms. The monoisotopic (exact) mass is 383 g/mol. The highest BCUT2D eigenvalue weighted by atomic mass is 32.1. The van der Waals surface area contributed by atoms with E-state index in [1.807, 2.05) is 44.2 Å². The third-order valence-electron chi connectivity index (χ3n) is 4.42. The van der Waals surface area contributed by atoms with Gasteiger partial charge in [-0.15, -0.1) is 0 Å². The molecule has 0 atom stereocenters. The van der Waals surface area contributed by atoms with Crippen LogP contribution in [0.3, 0.4) is 0 Å². The van der Waals surface area contributed by atoms with Crippen LogP contribution in [-0.2, 0) is 4.79 Å². The normalized spacial score (nSPS) is 13.3. The predicted octanol–water partition coefficient (Wildman–Crippen LogP) is 3.80. The Morgan fingerprint density at radius 1 is 1.11 bits per heavy atom. The molecular formula is C21H25N3O2S. The lowest BCUT2D eigenvalue weighted by atomic mass is 10.1. The van der Waals surface area contributed by atoms with Gasteiger partial charge in [0, 0.05) is 13.1 Å². The summed E-state index contributed by atoms with van der Waals surface area (Å²) >= 11 is 5.30. The minimum atomic E-state index is -0.287. The number of nitrogens with one attached hydrogen (secondary N) is 2. The highest BCUT2D eigenvalue weighted by molar-refractivity contribution is 7.80. The maximum atomic E-state index is 12.2. The van der Waals surface area contributed by atoms with Crippen molar-refractivity contribution in [2.45, 2.75) is 26.7 Å². The van der Waals surface area contributed by atoms with Crippen molar-refractivity contribution >= 4 is 34.6 Å². The number of amides is 1.